The van der Waals surface area contributed by atoms with Crippen LogP contribution in [0.2, 0.25) is 0 Å². The zero-order chi connectivity index (χ0) is 14.6. The lowest BCUT2D eigenvalue weighted by Crippen LogP contribution is -2.09. The van der Waals surface area contributed by atoms with Crippen LogP contribution in [0.1, 0.15) is 19.8 Å². The van der Waals surface area contributed by atoms with Gasteiger partial charge in [0.2, 0.25) is 0 Å². The van der Waals surface area contributed by atoms with E-state index in [-0.39, 0.29) is 0 Å². The summed E-state index contributed by atoms with van der Waals surface area (Å²) in [6, 6.07) is 5.44. The molecule has 2 N–H and O–H groups in total. The molecule has 5 heteroatoms. The minimum absolute atomic E-state index is 0.504. The molecule has 0 saturated carbocycles. The van der Waals surface area contributed by atoms with E-state index in [0.717, 1.165) is 25.2 Å². The Kier molecular flexibility index (Phi) is 8.58. The van der Waals surface area contributed by atoms with Gasteiger partial charge in [0.1, 0.15) is 18.1 Å². The summed E-state index contributed by atoms with van der Waals surface area (Å²) in [5.74, 6) is 1.41. The smallest absolute Gasteiger partial charge is 0.145 e. The predicted molar refractivity (Wildman–Crippen MR) is 79.4 cm³/mol. The molecule has 0 fully saturated rings. The first-order chi connectivity index (χ1) is 9.77. The Bertz CT molecular complexity index is 371. The Morgan fingerprint density at radius 2 is 1.85 bits per heavy atom. The average molecular weight is 283 g/mol. The third kappa shape index (κ3) is 6.63. The van der Waals surface area contributed by atoms with Crippen LogP contribution >= 0.6 is 0 Å². The summed E-state index contributed by atoms with van der Waals surface area (Å²) >= 11 is 0. The molecule has 0 heterocycles. The summed E-state index contributed by atoms with van der Waals surface area (Å²) < 4.78 is 21.5. The van der Waals surface area contributed by atoms with E-state index in [1.165, 1.54) is 0 Å². The van der Waals surface area contributed by atoms with Crippen molar-refractivity contribution in [2.24, 2.45) is 0 Å². The molecule has 20 heavy (non-hydrogen) atoms. The monoisotopic (exact) mass is 283 g/mol. The maximum absolute atomic E-state index is 5.84. The Morgan fingerprint density at radius 3 is 2.60 bits per heavy atom. The molecule has 1 aromatic carbocycles. The molecule has 0 aliphatic carbocycles. The van der Waals surface area contributed by atoms with E-state index < -0.39 is 0 Å². The molecule has 0 aliphatic heterocycles. The number of nitrogen functional groups attached to an aromatic ring is 1. The molecule has 0 aliphatic rings. The van der Waals surface area contributed by atoms with E-state index >= 15 is 0 Å². The summed E-state index contributed by atoms with van der Waals surface area (Å²) in [6.07, 6.45) is 1.84. The lowest BCUT2D eigenvalue weighted by molar-refractivity contribution is 0.0806. The Labute approximate surface area is 121 Å². The van der Waals surface area contributed by atoms with E-state index in [9.17, 15) is 0 Å². The van der Waals surface area contributed by atoms with Gasteiger partial charge in [-0.1, -0.05) is 6.92 Å². The van der Waals surface area contributed by atoms with E-state index in [2.05, 4.69) is 6.92 Å². The van der Waals surface area contributed by atoms with Crippen LogP contribution in [-0.2, 0) is 9.47 Å². The number of hydrogen-bond acceptors (Lipinski definition) is 5. The SMILES string of the molecule is CCCOc1cc(OCCOCCCOC)ccc1N. The first-order valence-corrected chi connectivity index (χ1v) is 6.99. The van der Waals surface area contributed by atoms with Crippen molar-refractivity contribution in [3.8, 4) is 11.5 Å². The van der Waals surface area contributed by atoms with Gasteiger partial charge >= 0.3 is 0 Å². The molecule has 0 unspecified atom stereocenters. The van der Waals surface area contributed by atoms with Gasteiger partial charge in [0.15, 0.2) is 0 Å². The highest BCUT2D eigenvalue weighted by molar-refractivity contribution is 5.55. The fourth-order valence-corrected chi connectivity index (χ4v) is 1.57. The van der Waals surface area contributed by atoms with Gasteiger partial charge in [-0.2, -0.15) is 0 Å². The molecule has 0 radical (unpaired) electrons. The highest BCUT2D eigenvalue weighted by atomic mass is 16.5. The molecular formula is C15H25NO4. The number of anilines is 1. The Balaban J connectivity index is 2.26. The van der Waals surface area contributed by atoms with E-state index in [4.69, 9.17) is 24.7 Å². The van der Waals surface area contributed by atoms with Crippen molar-refractivity contribution < 1.29 is 18.9 Å². The summed E-state index contributed by atoms with van der Waals surface area (Å²) in [5, 5.41) is 0. The number of hydrogen-bond donors (Lipinski definition) is 1. The number of methoxy groups -OCH3 is 1. The van der Waals surface area contributed by atoms with Crippen LogP contribution in [0.3, 0.4) is 0 Å². The van der Waals surface area contributed by atoms with Crippen LogP contribution in [0.15, 0.2) is 18.2 Å². The highest BCUT2D eigenvalue weighted by Gasteiger charge is 2.03. The first-order valence-electron chi connectivity index (χ1n) is 6.99. The van der Waals surface area contributed by atoms with Crippen molar-refractivity contribution in [2.75, 3.05) is 45.9 Å². The van der Waals surface area contributed by atoms with Gasteiger partial charge in [-0.05, 0) is 25.0 Å². The second-order valence-corrected chi connectivity index (χ2v) is 4.36. The molecule has 114 valence electrons. The molecule has 0 atom stereocenters. The van der Waals surface area contributed by atoms with Crippen molar-refractivity contribution in [1.82, 2.24) is 0 Å². The average Bonchev–Trinajstić information content (AvgIpc) is 2.46. The van der Waals surface area contributed by atoms with Crippen molar-refractivity contribution in [1.29, 1.82) is 0 Å². The maximum Gasteiger partial charge on any atom is 0.145 e. The number of rotatable bonds is 11. The lowest BCUT2D eigenvalue weighted by Gasteiger charge is -2.11. The quantitative estimate of drug-likeness (QED) is 0.499. The van der Waals surface area contributed by atoms with Crippen LogP contribution < -0.4 is 15.2 Å². The summed E-state index contributed by atoms with van der Waals surface area (Å²) in [6.45, 7) is 5.16. The van der Waals surface area contributed by atoms with Crippen LogP contribution in [0.4, 0.5) is 5.69 Å². The molecule has 1 rings (SSSR count). The van der Waals surface area contributed by atoms with Gasteiger partial charge in [0.05, 0.1) is 18.9 Å². The normalized spacial score (nSPS) is 10.5. The number of ether oxygens (including phenoxy) is 4. The zero-order valence-corrected chi connectivity index (χ0v) is 12.4. The molecular weight excluding hydrogens is 258 g/mol. The van der Waals surface area contributed by atoms with E-state index in [1.54, 1.807) is 13.2 Å². The maximum atomic E-state index is 5.84. The third-order valence-corrected chi connectivity index (χ3v) is 2.58. The topological polar surface area (TPSA) is 62.9 Å². The molecule has 1 aromatic rings. The van der Waals surface area contributed by atoms with Gasteiger partial charge in [0.25, 0.3) is 0 Å². The van der Waals surface area contributed by atoms with Gasteiger partial charge < -0.3 is 24.7 Å². The fraction of sp³-hybridized carbons (Fsp3) is 0.600. The largest absolute Gasteiger partial charge is 0.491 e. The molecule has 0 saturated heterocycles. The Morgan fingerprint density at radius 1 is 1.00 bits per heavy atom. The Hall–Kier alpha value is -1.46. The van der Waals surface area contributed by atoms with Gasteiger partial charge in [0, 0.05) is 26.4 Å². The van der Waals surface area contributed by atoms with Crippen LogP contribution in [-0.4, -0.2) is 40.1 Å². The fourth-order valence-electron chi connectivity index (χ4n) is 1.57. The van der Waals surface area contributed by atoms with Crippen molar-refractivity contribution >= 4 is 5.69 Å². The van der Waals surface area contributed by atoms with Gasteiger partial charge in [-0.3, -0.25) is 0 Å². The predicted octanol–water partition coefficient (Wildman–Crippen LogP) is 2.49. The minimum Gasteiger partial charge on any atom is -0.491 e. The van der Waals surface area contributed by atoms with Gasteiger partial charge in [-0.15, -0.1) is 0 Å². The number of nitrogens with two attached hydrogens (primary N) is 1. The minimum atomic E-state index is 0.504. The molecule has 0 aromatic heterocycles. The highest BCUT2D eigenvalue weighted by Crippen LogP contribution is 2.27. The summed E-state index contributed by atoms with van der Waals surface area (Å²) in [7, 11) is 1.68. The van der Waals surface area contributed by atoms with Crippen LogP contribution in [0.25, 0.3) is 0 Å². The molecule has 0 bridgehead atoms. The van der Waals surface area contributed by atoms with E-state index in [1.807, 2.05) is 12.1 Å². The van der Waals surface area contributed by atoms with Crippen molar-refractivity contribution in [3.63, 3.8) is 0 Å². The van der Waals surface area contributed by atoms with Crippen molar-refractivity contribution in [2.45, 2.75) is 19.8 Å². The zero-order valence-electron chi connectivity index (χ0n) is 12.4. The second kappa shape index (κ2) is 10.3. The molecule has 0 amide bonds. The molecule has 0 spiro atoms. The standard InChI is InChI=1S/C15H25NO4/c1-3-7-20-15-12-13(5-6-14(15)16)19-11-10-18-9-4-8-17-2/h5-6,12H,3-4,7-11,16H2,1-2H3. The van der Waals surface area contributed by atoms with Gasteiger partial charge in [-0.25, -0.2) is 0 Å². The number of benzene rings is 1. The van der Waals surface area contributed by atoms with Crippen LogP contribution in [0.5, 0.6) is 11.5 Å². The van der Waals surface area contributed by atoms with E-state index in [0.29, 0.717) is 37.9 Å². The second-order valence-electron chi connectivity index (χ2n) is 4.36. The lowest BCUT2D eigenvalue weighted by atomic mass is 10.3. The van der Waals surface area contributed by atoms with Crippen LogP contribution in [0, 0.1) is 0 Å². The third-order valence-electron chi connectivity index (χ3n) is 2.58. The molecule has 5 nitrogen and oxygen atoms in total. The summed E-state index contributed by atoms with van der Waals surface area (Å²) in [5.41, 5.74) is 6.46. The van der Waals surface area contributed by atoms with Crippen molar-refractivity contribution in [3.05, 3.63) is 18.2 Å². The first kappa shape index (κ1) is 16.6. The summed E-state index contributed by atoms with van der Waals surface area (Å²) in [4.78, 5) is 0.